The van der Waals surface area contributed by atoms with E-state index in [1.807, 2.05) is 23.1 Å². The molecule has 0 N–H and O–H groups in total. The van der Waals surface area contributed by atoms with Crippen LogP contribution >= 0.6 is 0 Å². The molecule has 0 aliphatic carbocycles. The number of benzene rings is 1. The number of carbonyl (C=O) groups excluding carboxylic acids is 1. The maximum Gasteiger partial charge on any atom is 0.222 e. The van der Waals surface area contributed by atoms with Crippen molar-refractivity contribution in [3.8, 4) is 0 Å². The Morgan fingerprint density at radius 3 is 2.74 bits per heavy atom. The van der Waals surface area contributed by atoms with Crippen LogP contribution in [-0.2, 0) is 16.1 Å². The van der Waals surface area contributed by atoms with Crippen LogP contribution in [0.5, 0.6) is 0 Å². The van der Waals surface area contributed by atoms with Crippen LogP contribution in [0.1, 0.15) is 37.7 Å². The fourth-order valence-corrected chi connectivity index (χ4v) is 3.49. The van der Waals surface area contributed by atoms with Gasteiger partial charge in [-0.3, -0.25) is 4.79 Å². The largest absolute Gasteiger partial charge is 0.370 e. The van der Waals surface area contributed by atoms with E-state index >= 15 is 0 Å². The number of nitrogens with zero attached hydrogens (tertiary/aromatic N) is 2. The van der Waals surface area contributed by atoms with Crippen molar-refractivity contribution in [3.05, 3.63) is 35.9 Å². The molecule has 126 valence electrons. The average Bonchev–Trinajstić information content (AvgIpc) is 2.53. The summed E-state index contributed by atoms with van der Waals surface area (Å²) in [5, 5.41) is 0. The number of rotatable bonds is 6. The zero-order valence-electron chi connectivity index (χ0n) is 14.1. The predicted molar refractivity (Wildman–Crippen MR) is 91.1 cm³/mol. The lowest BCUT2D eigenvalue weighted by Gasteiger charge is -2.39. The Morgan fingerprint density at radius 2 is 2.00 bits per heavy atom. The highest BCUT2D eigenvalue weighted by Crippen LogP contribution is 2.21. The van der Waals surface area contributed by atoms with Gasteiger partial charge >= 0.3 is 0 Å². The number of amides is 1. The van der Waals surface area contributed by atoms with E-state index in [9.17, 15) is 4.79 Å². The molecule has 0 unspecified atom stereocenters. The van der Waals surface area contributed by atoms with Gasteiger partial charge < -0.3 is 14.5 Å². The zero-order valence-corrected chi connectivity index (χ0v) is 14.1. The van der Waals surface area contributed by atoms with Crippen molar-refractivity contribution < 1.29 is 9.53 Å². The van der Waals surface area contributed by atoms with Crippen LogP contribution in [0.4, 0.5) is 0 Å². The minimum Gasteiger partial charge on any atom is -0.370 e. The fraction of sp³-hybridized carbons (Fsp3) is 0.632. The summed E-state index contributed by atoms with van der Waals surface area (Å²) < 4.78 is 5.85. The van der Waals surface area contributed by atoms with Gasteiger partial charge in [-0.15, -0.1) is 0 Å². The first-order valence-electron chi connectivity index (χ1n) is 8.86. The van der Waals surface area contributed by atoms with E-state index in [4.69, 9.17) is 4.74 Å². The zero-order chi connectivity index (χ0) is 16.1. The van der Waals surface area contributed by atoms with Crippen molar-refractivity contribution in [1.82, 2.24) is 9.80 Å². The fourth-order valence-electron chi connectivity index (χ4n) is 3.49. The molecular formula is C19H28N2O2. The van der Waals surface area contributed by atoms with E-state index in [1.165, 1.54) is 31.4 Å². The van der Waals surface area contributed by atoms with Gasteiger partial charge in [-0.05, 0) is 38.4 Å². The summed E-state index contributed by atoms with van der Waals surface area (Å²) in [7, 11) is 2.19. The molecule has 0 aromatic heterocycles. The van der Waals surface area contributed by atoms with Gasteiger partial charge in [0, 0.05) is 25.6 Å². The normalized spacial score (nSPS) is 22.8. The molecule has 0 bridgehead atoms. The molecule has 2 aliphatic heterocycles. The first-order valence-corrected chi connectivity index (χ1v) is 8.86. The summed E-state index contributed by atoms with van der Waals surface area (Å²) in [6.45, 7) is 3.33. The van der Waals surface area contributed by atoms with Gasteiger partial charge in [0.15, 0.2) is 0 Å². The monoisotopic (exact) mass is 316 g/mol. The van der Waals surface area contributed by atoms with E-state index in [1.54, 1.807) is 0 Å². The lowest BCUT2D eigenvalue weighted by molar-refractivity contribution is -0.146. The van der Waals surface area contributed by atoms with E-state index < -0.39 is 0 Å². The Labute approximate surface area is 139 Å². The van der Waals surface area contributed by atoms with Crippen LogP contribution in [-0.4, -0.2) is 54.5 Å². The SMILES string of the molecule is CN1CCCC[C@H]1CCC(=O)N1CC(OCc2ccccc2)C1. The highest BCUT2D eigenvalue weighted by molar-refractivity contribution is 5.77. The van der Waals surface area contributed by atoms with Crippen LogP contribution in [0.3, 0.4) is 0 Å². The third-order valence-corrected chi connectivity index (χ3v) is 5.14. The number of likely N-dealkylation sites (tertiary alicyclic amines) is 2. The minimum atomic E-state index is 0.205. The number of carbonyl (C=O) groups is 1. The van der Waals surface area contributed by atoms with Crippen molar-refractivity contribution in [2.45, 2.75) is 50.9 Å². The molecule has 2 saturated heterocycles. The Hall–Kier alpha value is -1.39. The first kappa shape index (κ1) is 16.5. The molecule has 0 spiro atoms. The first-order chi connectivity index (χ1) is 11.2. The molecule has 1 atom stereocenters. The van der Waals surface area contributed by atoms with Crippen molar-refractivity contribution in [2.75, 3.05) is 26.7 Å². The molecule has 4 nitrogen and oxygen atoms in total. The topological polar surface area (TPSA) is 32.8 Å². The van der Waals surface area contributed by atoms with Crippen molar-refractivity contribution >= 4 is 5.91 Å². The van der Waals surface area contributed by atoms with E-state index in [2.05, 4.69) is 24.1 Å². The van der Waals surface area contributed by atoms with Gasteiger partial charge in [-0.2, -0.15) is 0 Å². The van der Waals surface area contributed by atoms with Crippen LogP contribution < -0.4 is 0 Å². The second-order valence-corrected chi connectivity index (χ2v) is 6.89. The van der Waals surface area contributed by atoms with Crippen molar-refractivity contribution in [1.29, 1.82) is 0 Å². The van der Waals surface area contributed by atoms with E-state index in [0.29, 0.717) is 25.0 Å². The van der Waals surface area contributed by atoms with Gasteiger partial charge in [-0.25, -0.2) is 0 Å². The molecule has 23 heavy (non-hydrogen) atoms. The Bertz CT molecular complexity index is 499. The summed E-state index contributed by atoms with van der Waals surface area (Å²) in [6.07, 6.45) is 5.74. The van der Waals surface area contributed by atoms with E-state index in [0.717, 1.165) is 19.5 Å². The molecular weight excluding hydrogens is 288 g/mol. The smallest absolute Gasteiger partial charge is 0.222 e. The molecule has 0 radical (unpaired) electrons. The molecule has 1 amide bonds. The molecule has 3 rings (SSSR count). The number of ether oxygens (including phenoxy) is 1. The molecule has 2 aliphatic rings. The lowest BCUT2D eigenvalue weighted by atomic mass is 9.98. The van der Waals surface area contributed by atoms with Crippen molar-refractivity contribution in [2.24, 2.45) is 0 Å². The van der Waals surface area contributed by atoms with Gasteiger partial charge in [-0.1, -0.05) is 36.8 Å². The lowest BCUT2D eigenvalue weighted by Crippen LogP contribution is -2.54. The number of hydrogen-bond acceptors (Lipinski definition) is 3. The maximum atomic E-state index is 12.2. The minimum absolute atomic E-state index is 0.205. The van der Waals surface area contributed by atoms with Gasteiger partial charge in [0.1, 0.15) is 0 Å². The van der Waals surface area contributed by atoms with Gasteiger partial charge in [0.2, 0.25) is 5.91 Å². The highest BCUT2D eigenvalue weighted by atomic mass is 16.5. The summed E-state index contributed by atoms with van der Waals surface area (Å²) in [4.78, 5) is 16.6. The summed E-state index contributed by atoms with van der Waals surface area (Å²) >= 11 is 0. The molecule has 4 heteroatoms. The molecule has 1 aromatic rings. The molecule has 1 aromatic carbocycles. The van der Waals surface area contributed by atoms with Crippen molar-refractivity contribution in [3.63, 3.8) is 0 Å². The van der Waals surface area contributed by atoms with E-state index in [-0.39, 0.29) is 6.10 Å². The average molecular weight is 316 g/mol. The molecule has 0 saturated carbocycles. The number of piperidine rings is 1. The van der Waals surface area contributed by atoms with Crippen LogP contribution in [0, 0.1) is 0 Å². The quantitative estimate of drug-likeness (QED) is 0.809. The second kappa shape index (κ2) is 7.93. The Balaban J connectivity index is 1.32. The third kappa shape index (κ3) is 4.55. The summed E-state index contributed by atoms with van der Waals surface area (Å²) in [5.74, 6) is 0.295. The molecule has 2 fully saturated rings. The second-order valence-electron chi connectivity index (χ2n) is 6.89. The standard InChI is InChI=1S/C19H28N2O2/c1-20-12-6-5-9-17(20)10-11-19(22)21-13-18(14-21)23-15-16-7-3-2-4-8-16/h2-4,7-8,17-18H,5-6,9-15H2,1H3/t17-/m0/s1. The predicted octanol–water partition coefficient (Wildman–Crippen LogP) is 2.68. The number of hydrogen-bond donors (Lipinski definition) is 0. The van der Waals surface area contributed by atoms with Gasteiger partial charge in [0.25, 0.3) is 0 Å². The highest BCUT2D eigenvalue weighted by Gasteiger charge is 2.31. The summed E-state index contributed by atoms with van der Waals surface area (Å²) in [6, 6.07) is 10.8. The third-order valence-electron chi connectivity index (χ3n) is 5.14. The maximum absolute atomic E-state index is 12.2. The van der Waals surface area contributed by atoms with Crippen LogP contribution in [0.2, 0.25) is 0 Å². The Kier molecular flexibility index (Phi) is 5.68. The summed E-state index contributed by atoms with van der Waals surface area (Å²) in [5.41, 5.74) is 1.19. The van der Waals surface area contributed by atoms with Crippen LogP contribution in [0.25, 0.3) is 0 Å². The van der Waals surface area contributed by atoms with Gasteiger partial charge in [0.05, 0.1) is 12.7 Å². The van der Waals surface area contributed by atoms with Crippen LogP contribution in [0.15, 0.2) is 30.3 Å². The Morgan fingerprint density at radius 1 is 1.22 bits per heavy atom. The molecule has 2 heterocycles.